The Balaban J connectivity index is 2.36. The highest BCUT2D eigenvalue weighted by atomic mass is 16.2. The Bertz CT molecular complexity index is 240. The molecule has 1 N–H and O–H groups in total. The summed E-state index contributed by atoms with van der Waals surface area (Å²) in [5.41, 5.74) is 1.68. The SMILES string of the molecule is O=C1NCCC2=C1[N]C=C2. The molecule has 0 saturated heterocycles. The third-order valence-corrected chi connectivity index (χ3v) is 1.68. The van der Waals surface area contributed by atoms with Crippen molar-refractivity contribution in [2.75, 3.05) is 6.54 Å². The van der Waals surface area contributed by atoms with Gasteiger partial charge in [0.15, 0.2) is 0 Å². The maximum Gasteiger partial charge on any atom is 0.270 e. The largest absolute Gasteiger partial charge is 0.350 e. The summed E-state index contributed by atoms with van der Waals surface area (Å²) in [4.78, 5) is 11.0. The van der Waals surface area contributed by atoms with Crippen LogP contribution >= 0.6 is 0 Å². The second-order valence-electron chi connectivity index (χ2n) is 2.32. The molecule has 2 heterocycles. The van der Waals surface area contributed by atoms with E-state index >= 15 is 0 Å². The second-order valence-corrected chi connectivity index (χ2v) is 2.32. The van der Waals surface area contributed by atoms with Gasteiger partial charge >= 0.3 is 0 Å². The lowest BCUT2D eigenvalue weighted by molar-refractivity contribution is -0.118. The maximum atomic E-state index is 11.0. The first-order valence-electron chi connectivity index (χ1n) is 3.27. The summed E-state index contributed by atoms with van der Waals surface area (Å²) in [5.74, 6) is -0.0359. The lowest BCUT2D eigenvalue weighted by Crippen LogP contribution is -2.32. The van der Waals surface area contributed by atoms with E-state index in [2.05, 4.69) is 10.6 Å². The molecule has 2 aliphatic heterocycles. The molecular formula is C7H7N2O. The zero-order chi connectivity index (χ0) is 6.97. The first-order chi connectivity index (χ1) is 4.88. The smallest absolute Gasteiger partial charge is 0.270 e. The van der Waals surface area contributed by atoms with Gasteiger partial charge in [-0.1, -0.05) is 0 Å². The molecule has 0 aliphatic carbocycles. The van der Waals surface area contributed by atoms with Crippen molar-refractivity contribution in [2.45, 2.75) is 6.42 Å². The quantitative estimate of drug-likeness (QED) is 0.495. The van der Waals surface area contributed by atoms with Gasteiger partial charge in [0.25, 0.3) is 5.91 Å². The highest BCUT2D eigenvalue weighted by Crippen LogP contribution is 2.17. The first-order valence-corrected chi connectivity index (χ1v) is 3.27. The van der Waals surface area contributed by atoms with Crippen molar-refractivity contribution >= 4 is 5.91 Å². The number of allylic oxidation sites excluding steroid dienone is 1. The Morgan fingerprint density at radius 3 is 3.30 bits per heavy atom. The number of hydrogen-bond acceptors (Lipinski definition) is 1. The number of amides is 1. The molecule has 0 fully saturated rings. The summed E-state index contributed by atoms with van der Waals surface area (Å²) in [6.07, 6.45) is 4.49. The number of rotatable bonds is 0. The fourth-order valence-electron chi connectivity index (χ4n) is 1.16. The van der Waals surface area contributed by atoms with Gasteiger partial charge in [0.2, 0.25) is 0 Å². The standard InChI is InChI=1S/C7H7N2O/c10-7-6-5(1-3-8-6)2-4-9-7/h1,3H,2,4H2,(H,9,10). The van der Waals surface area contributed by atoms with E-state index in [1.165, 1.54) is 0 Å². The number of carbonyl (C=O) groups is 1. The summed E-state index contributed by atoms with van der Waals surface area (Å²) < 4.78 is 0. The van der Waals surface area contributed by atoms with Gasteiger partial charge in [0.05, 0.1) is 0 Å². The Kier molecular flexibility index (Phi) is 1.03. The van der Waals surface area contributed by atoms with E-state index in [0.29, 0.717) is 5.70 Å². The molecule has 0 saturated carbocycles. The van der Waals surface area contributed by atoms with Crippen molar-refractivity contribution in [3.8, 4) is 0 Å². The van der Waals surface area contributed by atoms with Crippen molar-refractivity contribution in [1.29, 1.82) is 0 Å². The molecule has 0 spiro atoms. The van der Waals surface area contributed by atoms with Crippen molar-refractivity contribution in [2.24, 2.45) is 0 Å². The number of nitrogens with zero attached hydrogens (tertiary/aromatic N) is 1. The van der Waals surface area contributed by atoms with Crippen LogP contribution in [0.3, 0.4) is 0 Å². The van der Waals surface area contributed by atoms with Gasteiger partial charge in [-0.05, 0) is 18.1 Å². The minimum Gasteiger partial charge on any atom is -0.350 e. The molecule has 1 amide bonds. The van der Waals surface area contributed by atoms with Gasteiger partial charge in [0.1, 0.15) is 5.70 Å². The third-order valence-electron chi connectivity index (χ3n) is 1.68. The van der Waals surface area contributed by atoms with E-state index in [1.54, 1.807) is 6.20 Å². The average molecular weight is 135 g/mol. The van der Waals surface area contributed by atoms with Crippen LogP contribution in [0, 0.1) is 0 Å². The average Bonchev–Trinajstić information content (AvgIpc) is 2.36. The van der Waals surface area contributed by atoms with Gasteiger partial charge in [-0.15, -0.1) is 0 Å². The molecular weight excluding hydrogens is 128 g/mol. The van der Waals surface area contributed by atoms with Gasteiger partial charge in [-0.3, -0.25) is 10.1 Å². The molecule has 3 heteroatoms. The van der Waals surface area contributed by atoms with Crippen LogP contribution in [0.15, 0.2) is 23.5 Å². The fraction of sp³-hybridized carbons (Fsp3) is 0.286. The highest BCUT2D eigenvalue weighted by Gasteiger charge is 2.21. The zero-order valence-corrected chi connectivity index (χ0v) is 5.42. The molecule has 2 rings (SSSR count). The van der Waals surface area contributed by atoms with Gasteiger partial charge < -0.3 is 5.32 Å². The third kappa shape index (κ3) is 0.635. The highest BCUT2D eigenvalue weighted by molar-refractivity contribution is 5.95. The number of nitrogens with one attached hydrogen (secondary N) is 1. The molecule has 0 bridgehead atoms. The van der Waals surface area contributed by atoms with E-state index in [4.69, 9.17) is 0 Å². The van der Waals surface area contributed by atoms with E-state index in [9.17, 15) is 4.79 Å². The first kappa shape index (κ1) is 5.53. The summed E-state index contributed by atoms with van der Waals surface area (Å²) in [6, 6.07) is 0. The van der Waals surface area contributed by atoms with E-state index in [1.807, 2.05) is 6.08 Å². The van der Waals surface area contributed by atoms with Crippen LogP contribution in [0.1, 0.15) is 6.42 Å². The number of hydrogen-bond donors (Lipinski definition) is 1. The molecule has 51 valence electrons. The Morgan fingerprint density at radius 2 is 2.50 bits per heavy atom. The van der Waals surface area contributed by atoms with Crippen molar-refractivity contribution in [1.82, 2.24) is 10.6 Å². The van der Waals surface area contributed by atoms with E-state index in [-0.39, 0.29) is 5.91 Å². The molecule has 10 heavy (non-hydrogen) atoms. The molecule has 2 aliphatic rings. The van der Waals surface area contributed by atoms with E-state index in [0.717, 1.165) is 18.5 Å². The van der Waals surface area contributed by atoms with Crippen LogP contribution in [0.25, 0.3) is 0 Å². The van der Waals surface area contributed by atoms with Gasteiger partial charge in [0, 0.05) is 12.7 Å². The topological polar surface area (TPSA) is 43.2 Å². The Morgan fingerprint density at radius 1 is 1.60 bits per heavy atom. The van der Waals surface area contributed by atoms with Crippen LogP contribution in [0.5, 0.6) is 0 Å². The lowest BCUT2D eigenvalue weighted by Gasteiger charge is -2.12. The number of carbonyl (C=O) groups excluding carboxylic acids is 1. The monoisotopic (exact) mass is 135 g/mol. The van der Waals surface area contributed by atoms with Crippen LogP contribution in [0.2, 0.25) is 0 Å². The molecule has 0 aromatic carbocycles. The van der Waals surface area contributed by atoms with Crippen molar-refractivity contribution in [3.63, 3.8) is 0 Å². The zero-order valence-electron chi connectivity index (χ0n) is 5.42. The summed E-state index contributed by atoms with van der Waals surface area (Å²) >= 11 is 0. The van der Waals surface area contributed by atoms with Gasteiger partial charge in [-0.2, -0.15) is 0 Å². The molecule has 1 radical (unpaired) electrons. The molecule has 0 atom stereocenters. The predicted molar refractivity (Wildman–Crippen MR) is 35.9 cm³/mol. The van der Waals surface area contributed by atoms with Crippen LogP contribution in [-0.4, -0.2) is 12.5 Å². The van der Waals surface area contributed by atoms with Crippen molar-refractivity contribution in [3.05, 3.63) is 23.5 Å². The summed E-state index contributed by atoms with van der Waals surface area (Å²) in [6.45, 7) is 0.748. The van der Waals surface area contributed by atoms with Crippen LogP contribution in [0.4, 0.5) is 0 Å². The van der Waals surface area contributed by atoms with E-state index < -0.39 is 0 Å². The molecule has 0 aromatic heterocycles. The van der Waals surface area contributed by atoms with Gasteiger partial charge in [-0.25, -0.2) is 0 Å². The Hall–Kier alpha value is -1.25. The molecule has 0 unspecified atom stereocenters. The van der Waals surface area contributed by atoms with Crippen molar-refractivity contribution < 1.29 is 4.79 Å². The minimum atomic E-state index is -0.0359. The fourth-order valence-corrected chi connectivity index (χ4v) is 1.16. The normalized spacial score (nSPS) is 22.2. The van der Waals surface area contributed by atoms with Crippen LogP contribution in [-0.2, 0) is 4.79 Å². The summed E-state index contributed by atoms with van der Waals surface area (Å²) in [5, 5.41) is 6.65. The van der Waals surface area contributed by atoms with Crippen LogP contribution < -0.4 is 10.6 Å². The second kappa shape index (κ2) is 1.87. The minimum absolute atomic E-state index is 0.0359. The summed E-state index contributed by atoms with van der Waals surface area (Å²) in [7, 11) is 0. The Labute approximate surface area is 58.8 Å². The lowest BCUT2D eigenvalue weighted by atomic mass is 10.1. The maximum absolute atomic E-state index is 11.0. The predicted octanol–water partition coefficient (Wildman–Crippen LogP) is -0.108. The molecule has 0 aromatic rings. The molecule has 3 nitrogen and oxygen atoms in total.